The Balaban J connectivity index is 2.31. The van der Waals surface area contributed by atoms with Crippen molar-refractivity contribution in [3.63, 3.8) is 0 Å². The predicted molar refractivity (Wildman–Crippen MR) is 60.9 cm³/mol. The monoisotopic (exact) mass is 253 g/mol. The van der Waals surface area contributed by atoms with Crippen LogP contribution in [-0.2, 0) is 0 Å². The van der Waals surface area contributed by atoms with Gasteiger partial charge in [-0.2, -0.15) is 13.2 Å². The SMILES string of the molecule is Cc1ccc(-n2ccc(C(=O)C(F)(F)F)c2)cc1. The van der Waals surface area contributed by atoms with Crippen molar-refractivity contribution in [2.75, 3.05) is 0 Å². The van der Waals surface area contributed by atoms with Gasteiger partial charge < -0.3 is 4.57 Å². The Hall–Kier alpha value is -2.04. The summed E-state index contributed by atoms with van der Waals surface area (Å²) in [7, 11) is 0. The van der Waals surface area contributed by atoms with E-state index in [1.165, 1.54) is 17.0 Å². The van der Waals surface area contributed by atoms with Gasteiger partial charge in [0, 0.05) is 23.6 Å². The molecule has 1 aromatic heterocycles. The Morgan fingerprint density at radius 3 is 2.28 bits per heavy atom. The maximum Gasteiger partial charge on any atom is 0.454 e. The van der Waals surface area contributed by atoms with Crippen molar-refractivity contribution in [1.82, 2.24) is 4.57 Å². The molecule has 2 nitrogen and oxygen atoms in total. The summed E-state index contributed by atoms with van der Waals surface area (Å²) in [5, 5.41) is 0. The van der Waals surface area contributed by atoms with Gasteiger partial charge in [0.15, 0.2) is 0 Å². The van der Waals surface area contributed by atoms with Crippen LogP contribution in [0, 0.1) is 6.92 Å². The normalized spacial score (nSPS) is 11.6. The van der Waals surface area contributed by atoms with Gasteiger partial charge in [0.05, 0.1) is 0 Å². The molecular weight excluding hydrogens is 243 g/mol. The van der Waals surface area contributed by atoms with Gasteiger partial charge in [-0.1, -0.05) is 17.7 Å². The lowest BCUT2D eigenvalue weighted by Gasteiger charge is -2.04. The zero-order valence-corrected chi connectivity index (χ0v) is 9.53. The summed E-state index contributed by atoms with van der Waals surface area (Å²) < 4.78 is 38.2. The number of Topliss-reactive ketones (excluding diaryl/α,β-unsaturated/α-hetero) is 1. The highest BCUT2D eigenvalue weighted by Crippen LogP contribution is 2.22. The summed E-state index contributed by atoms with van der Waals surface area (Å²) in [6.07, 6.45) is -2.22. The van der Waals surface area contributed by atoms with Crippen LogP contribution in [-0.4, -0.2) is 16.5 Å². The largest absolute Gasteiger partial charge is 0.454 e. The van der Waals surface area contributed by atoms with E-state index < -0.39 is 12.0 Å². The molecule has 1 aromatic carbocycles. The molecule has 18 heavy (non-hydrogen) atoms. The standard InChI is InChI=1S/C13H10F3NO/c1-9-2-4-11(5-3-9)17-7-6-10(8-17)12(18)13(14,15)16/h2-8H,1H3. The minimum absolute atomic E-state index is 0.358. The van der Waals surface area contributed by atoms with Gasteiger partial charge in [0.1, 0.15) is 0 Å². The Labute approximate surface area is 102 Å². The zero-order chi connectivity index (χ0) is 13.3. The first-order valence-electron chi connectivity index (χ1n) is 5.24. The third kappa shape index (κ3) is 2.45. The van der Waals surface area contributed by atoms with Crippen molar-refractivity contribution in [3.8, 4) is 5.69 Å². The maximum atomic E-state index is 12.2. The van der Waals surface area contributed by atoms with Gasteiger partial charge in [0.2, 0.25) is 0 Å². The molecule has 0 aliphatic carbocycles. The Morgan fingerprint density at radius 2 is 1.72 bits per heavy atom. The van der Waals surface area contributed by atoms with Gasteiger partial charge in [-0.25, -0.2) is 0 Å². The first-order chi connectivity index (χ1) is 8.38. The fourth-order valence-electron chi connectivity index (χ4n) is 1.57. The molecule has 0 bridgehead atoms. The van der Waals surface area contributed by atoms with Crippen molar-refractivity contribution in [1.29, 1.82) is 0 Å². The summed E-state index contributed by atoms with van der Waals surface area (Å²) in [6, 6.07) is 8.41. The third-order valence-electron chi connectivity index (χ3n) is 2.54. The summed E-state index contributed by atoms with van der Waals surface area (Å²) in [5.74, 6) is -1.83. The van der Waals surface area contributed by atoms with Crippen LogP contribution in [0.15, 0.2) is 42.7 Å². The molecule has 1 heterocycles. The smallest absolute Gasteiger partial charge is 0.323 e. The van der Waals surface area contributed by atoms with E-state index in [0.717, 1.165) is 11.6 Å². The molecular formula is C13H10F3NO. The van der Waals surface area contributed by atoms with Crippen molar-refractivity contribution >= 4 is 5.78 Å². The second-order valence-corrected chi connectivity index (χ2v) is 3.97. The summed E-state index contributed by atoms with van der Waals surface area (Å²) in [5.41, 5.74) is 1.40. The molecule has 5 heteroatoms. The lowest BCUT2D eigenvalue weighted by molar-refractivity contribution is -0.0885. The fourth-order valence-corrected chi connectivity index (χ4v) is 1.57. The van der Waals surface area contributed by atoms with E-state index in [0.29, 0.717) is 5.69 Å². The quantitative estimate of drug-likeness (QED) is 0.750. The molecule has 2 rings (SSSR count). The second kappa shape index (κ2) is 4.33. The van der Waals surface area contributed by atoms with Crippen LogP contribution in [0.3, 0.4) is 0 Å². The molecule has 0 aliphatic rings. The van der Waals surface area contributed by atoms with Gasteiger partial charge in [0.25, 0.3) is 5.78 Å². The number of aromatic nitrogens is 1. The number of ketones is 1. The van der Waals surface area contributed by atoms with E-state index in [1.54, 1.807) is 12.1 Å². The van der Waals surface area contributed by atoms with Crippen molar-refractivity contribution in [2.45, 2.75) is 13.1 Å². The van der Waals surface area contributed by atoms with E-state index in [4.69, 9.17) is 0 Å². The average molecular weight is 253 g/mol. The van der Waals surface area contributed by atoms with Crippen LogP contribution >= 0.6 is 0 Å². The molecule has 0 saturated heterocycles. The number of alkyl halides is 3. The summed E-state index contributed by atoms with van der Waals surface area (Å²) in [4.78, 5) is 11.0. The molecule has 0 aliphatic heterocycles. The van der Waals surface area contributed by atoms with Crippen LogP contribution in [0.5, 0.6) is 0 Å². The number of hydrogen-bond acceptors (Lipinski definition) is 1. The van der Waals surface area contributed by atoms with Crippen molar-refractivity contribution in [2.24, 2.45) is 0 Å². The number of carbonyl (C=O) groups is 1. The Morgan fingerprint density at radius 1 is 1.11 bits per heavy atom. The van der Waals surface area contributed by atoms with Crippen LogP contribution in [0.1, 0.15) is 15.9 Å². The predicted octanol–water partition coefficient (Wildman–Crippen LogP) is 3.53. The fraction of sp³-hybridized carbons (Fsp3) is 0.154. The van der Waals surface area contributed by atoms with E-state index in [-0.39, 0.29) is 5.56 Å². The first-order valence-corrected chi connectivity index (χ1v) is 5.24. The van der Waals surface area contributed by atoms with Gasteiger partial charge in [-0.05, 0) is 25.1 Å². The molecule has 0 amide bonds. The number of benzene rings is 1. The lowest BCUT2D eigenvalue weighted by atomic mass is 10.2. The van der Waals surface area contributed by atoms with Crippen LogP contribution in [0.2, 0.25) is 0 Å². The molecule has 0 N–H and O–H groups in total. The number of aryl methyl sites for hydroxylation is 1. The minimum atomic E-state index is -4.83. The summed E-state index contributed by atoms with van der Waals surface area (Å²) in [6.45, 7) is 1.91. The first kappa shape index (κ1) is 12.4. The highest BCUT2D eigenvalue weighted by Gasteiger charge is 2.39. The third-order valence-corrected chi connectivity index (χ3v) is 2.54. The topological polar surface area (TPSA) is 22.0 Å². The molecule has 0 spiro atoms. The number of carbonyl (C=O) groups excluding carboxylic acids is 1. The van der Waals surface area contributed by atoms with E-state index in [9.17, 15) is 18.0 Å². The van der Waals surface area contributed by atoms with Crippen molar-refractivity contribution < 1.29 is 18.0 Å². The summed E-state index contributed by atoms with van der Waals surface area (Å²) >= 11 is 0. The second-order valence-electron chi connectivity index (χ2n) is 3.97. The number of halogens is 3. The molecule has 0 unspecified atom stereocenters. The van der Waals surface area contributed by atoms with Crippen LogP contribution < -0.4 is 0 Å². The highest BCUT2D eigenvalue weighted by atomic mass is 19.4. The van der Waals surface area contributed by atoms with Crippen LogP contribution in [0.4, 0.5) is 13.2 Å². The molecule has 0 radical (unpaired) electrons. The zero-order valence-electron chi connectivity index (χ0n) is 9.53. The van der Waals surface area contributed by atoms with Crippen molar-refractivity contribution in [3.05, 3.63) is 53.9 Å². The maximum absolute atomic E-state index is 12.2. The van der Waals surface area contributed by atoms with E-state index >= 15 is 0 Å². The van der Waals surface area contributed by atoms with Gasteiger partial charge in [-0.15, -0.1) is 0 Å². The minimum Gasteiger partial charge on any atom is -0.323 e. The average Bonchev–Trinajstić information content (AvgIpc) is 2.77. The molecule has 94 valence electrons. The highest BCUT2D eigenvalue weighted by molar-refractivity contribution is 6.00. The number of nitrogens with zero attached hydrogens (tertiary/aromatic N) is 1. The van der Waals surface area contributed by atoms with E-state index in [2.05, 4.69) is 0 Å². The van der Waals surface area contributed by atoms with E-state index in [1.807, 2.05) is 19.1 Å². The molecule has 0 saturated carbocycles. The van der Waals surface area contributed by atoms with Crippen LogP contribution in [0.25, 0.3) is 5.69 Å². The lowest BCUT2D eigenvalue weighted by Crippen LogP contribution is -2.22. The molecule has 2 aromatic rings. The Bertz CT molecular complexity index is 567. The number of hydrogen-bond donors (Lipinski definition) is 0. The van der Waals surface area contributed by atoms with Gasteiger partial charge >= 0.3 is 6.18 Å². The molecule has 0 fully saturated rings. The van der Waals surface area contributed by atoms with Gasteiger partial charge in [-0.3, -0.25) is 4.79 Å². The number of rotatable bonds is 2. The molecule has 0 atom stereocenters. The Kier molecular flexibility index (Phi) is 2.98.